The van der Waals surface area contributed by atoms with Crippen molar-refractivity contribution in [3.05, 3.63) is 48.5 Å². The number of hydrogen-bond donors (Lipinski definition) is 4. The first-order valence-electron chi connectivity index (χ1n) is 11.7. The molecular formula is C24H22F3N7O3. The number of carbonyl (C=O) groups excluding carboxylic acids is 1. The van der Waals surface area contributed by atoms with E-state index in [9.17, 15) is 28.2 Å². The van der Waals surface area contributed by atoms with Crippen LogP contribution in [0.3, 0.4) is 0 Å². The maximum atomic E-state index is 12.6. The van der Waals surface area contributed by atoms with Crippen LogP contribution in [0.5, 0.6) is 0 Å². The Labute approximate surface area is 207 Å². The first-order chi connectivity index (χ1) is 17.6. The van der Waals surface area contributed by atoms with E-state index in [1.54, 1.807) is 23.5 Å². The van der Waals surface area contributed by atoms with Crippen molar-refractivity contribution in [2.45, 2.75) is 43.7 Å². The van der Waals surface area contributed by atoms with Gasteiger partial charge in [-0.05, 0) is 42.9 Å². The Kier molecular flexibility index (Phi) is 5.14. The molecular weight excluding hydrogens is 491 g/mol. The number of halogens is 3. The predicted octanol–water partition coefficient (Wildman–Crippen LogP) is 2.37. The van der Waals surface area contributed by atoms with E-state index in [0.717, 1.165) is 12.0 Å². The zero-order valence-corrected chi connectivity index (χ0v) is 19.2. The van der Waals surface area contributed by atoms with Crippen molar-refractivity contribution >= 4 is 39.6 Å². The maximum absolute atomic E-state index is 12.6. The molecule has 2 aliphatic rings. The van der Waals surface area contributed by atoms with Gasteiger partial charge < -0.3 is 20.5 Å². The highest BCUT2D eigenvalue weighted by atomic mass is 19.4. The summed E-state index contributed by atoms with van der Waals surface area (Å²) in [5.41, 5.74) is 7.33. The first-order valence-corrected chi connectivity index (χ1v) is 11.7. The van der Waals surface area contributed by atoms with Gasteiger partial charge in [-0.15, -0.1) is 0 Å². The summed E-state index contributed by atoms with van der Waals surface area (Å²) in [4.78, 5) is 27.4. The van der Waals surface area contributed by atoms with Crippen LogP contribution in [-0.4, -0.2) is 59.0 Å². The summed E-state index contributed by atoms with van der Waals surface area (Å²) in [6.45, 7) is 0. The summed E-state index contributed by atoms with van der Waals surface area (Å²) in [7, 11) is 0. The number of carbonyl (C=O) groups is 1. The molecule has 3 heterocycles. The molecule has 5 N–H and O–H groups in total. The second-order valence-corrected chi connectivity index (χ2v) is 9.73. The molecule has 5 atom stereocenters. The standard InChI is InChI=1S/C24H22F3N7O3/c25-24(26,27)21(37)33-22-29-9-12-2-1-11(7-15(12)32-22)3-5-23-8-14(23)16(17(35)18(23)36)34-6-4-13-19(28)30-10-31-20(13)34/h1-2,4,6-7,9-10,14,16-18,35-36H,3,5,8H2,(H2,28,30,31)(H,29,32,33,37)/t14-,16-,17+,18+,23-/m1/s1. The van der Waals surface area contributed by atoms with Crippen molar-refractivity contribution in [2.24, 2.45) is 11.3 Å². The minimum Gasteiger partial charge on any atom is -0.390 e. The quantitative estimate of drug-likeness (QED) is 0.317. The number of nitrogens with two attached hydrogens (primary N) is 1. The number of aryl methyl sites for hydroxylation is 1. The van der Waals surface area contributed by atoms with Crippen molar-refractivity contribution in [1.82, 2.24) is 24.5 Å². The van der Waals surface area contributed by atoms with E-state index in [-0.39, 0.29) is 12.0 Å². The number of hydrogen-bond acceptors (Lipinski definition) is 8. The zero-order chi connectivity index (χ0) is 26.1. The fourth-order valence-corrected chi connectivity index (χ4v) is 5.78. The van der Waals surface area contributed by atoms with Gasteiger partial charge in [0, 0.05) is 23.2 Å². The van der Waals surface area contributed by atoms with Gasteiger partial charge in [-0.2, -0.15) is 13.2 Å². The molecule has 4 aromatic rings. The highest BCUT2D eigenvalue weighted by Crippen LogP contribution is 2.69. The van der Waals surface area contributed by atoms with Crippen LogP contribution in [0.2, 0.25) is 0 Å². The van der Waals surface area contributed by atoms with Crippen LogP contribution in [0.4, 0.5) is 24.9 Å². The Morgan fingerprint density at radius 3 is 2.81 bits per heavy atom. The molecule has 0 spiro atoms. The molecule has 10 nitrogen and oxygen atoms in total. The first kappa shape index (κ1) is 23.6. The van der Waals surface area contributed by atoms with Gasteiger partial charge in [0.25, 0.3) is 0 Å². The molecule has 1 aromatic carbocycles. The number of aliphatic hydroxyl groups is 2. The van der Waals surface area contributed by atoms with Gasteiger partial charge in [0.15, 0.2) is 0 Å². The van der Waals surface area contributed by atoms with Crippen molar-refractivity contribution < 1.29 is 28.2 Å². The monoisotopic (exact) mass is 513 g/mol. The largest absolute Gasteiger partial charge is 0.471 e. The third-order valence-corrected chi connectivity index (χ3v) is 7.72. The molecule has 37 heavy (non-hydrogen) atoms. The summed E-state index contributed by atoms with van der Waals surface area (Å²) < 4.78 is 39.5. The van der Waals surface area contributed by atoms with E-state index in [0.29, 0.717) is 40.6 Å². The summed E-state index contributed by atoms with van der Waals surface area (Å²) in [5.74, 6) is -2.19. The second-order valence-electron chi connectivity index (χ2n) is 9.73. The van der Waals surface area contributed by atoms with Crippen LogP contribution in [0.25, 0.3) is 21.9 Å². The number of fused-ring (bicyclic) bond motifs is 3. The van der Waals surface area contributed by atoms with Crippen LogP contribution < -0.4 is 11.1 Å². The number of aromatic nitrogens is 5. The minimum absolute atomic E-state index is 0.0382. The summed E-state index contributed by atoms with van der Waals surface area (Å²) >= 11 is 0. The number of nitrogens with one attached hydrogen (secondary N) is 1. The van der Waals surface area contributed by atoms with Crippen LogP contribution in [-0.2, 0) is 11.2 Å². The SMILES string of the molecule is Nc1ncnc2c1ccn2[C@H]1[C@H](O)[C@H](O)[C@]2(CCc3ccc4cnc(NC(=O)C(F)(F)F)nc4c3)C[C@H]12. The smallest absolute Gasteiger partial charge is 0.390 e. The Hall–Kier alpha value is -3.84. The van der Waals surface area contributed by atoms with E-state index < -0.39 is 35.7 Å². The van der Waals surface area contributed by atoms with Crippen molar-refractivity contribution in [1.29, 1.82) is 0 Å². The van der Waals surface area contributed by atoms with E-state index in [4.69, 9.17) is 5.73 Å². The van der Waals surface area contributed by atoms with E-state index in [2.05, 4.69) is 19.9 Å². The normalized spacial score (nSPS) is 26.9. The van der Waals surface area contributed by atoms with E-state index in [1.807, 2.05) is 16.8 Å². The third-order valence-electron chi connectivity index (χ3n) is 7.72. The van der Waals surface area contributed by atoms with Gasteiger partial charge in [0.05, 0.1) is 23.0 Å². The molecule has 0 saturated heterocycles. The molecule has 6 rings (SSSR count). The number of amides is 1. The molecule has 2 saturated carbocycles. The summed E-state index contributed by atoms with van der Waals surface area (Å²) in [6.07, 6.45) is -0.543. The fourth-order valence-electron chi connectivity index (χ4n) is 5.78. The molecule has 2 fully saturated rings. The molecule has 192 valence electrons. The lowest BCUT2D eigenvalue weighted by atomic mass is 9.91. The fraction of sp³-hybridized carbons (Fsp3) is 0.375. The van der Waals surface area contributed by atoms with Crippen LogP contribution in [0.1, 0.15) is 24.4 Å². The Bertz CT molecular complexity index is 1540. The lowest BCUT2D eigenvalue weighted by Gasteiger charge is -2.24. The molecule has 0 bridgehead atoms. The molecule has 3 aromatic heterocycles. The van der Waals surface area contributed by atoms with Crippen LogP contribution >= 0.6 is 0 Å². The number of aliphatic hydroxyl groups excluding tert-OH is 2. The number of alkyl halides is 3. The number of nitrogens with zero attached hydrogens (tertiary/aromatic N) is 5. The molecule has 0 radical (unpaired) electrons. The van der Waals surface area contributed by atoms with Crippen molar-refractivity contribution in [2.75, 3.05) is 11.1 Å². The average molecular weight is 513 g/mol. The van der Waals surface area contributed by atoms with Crippen LogP contribution in [0.15, 0.2) is 43.0 Å². The molecule has 13 heteroatoms. The molecule has 0 unspecified atom stereocenters. The Balaban J connectivity index is 1.21. The Morgan fingerprint density at radius 1 is 1.22 bits per heavy atom. The number of anilines is 2. The van der Waals surface area contributed by atoms with Gasteiger partial charge in [-0.25, -0.2) is 19.9 Å². The van der Waals surface area contributed by atoms with Gasteiger partial charge in [0.2, 0.25) is 5.95 Å². The van der Waals surface area contributed by atoms with Gasteiger partial charge in [0.1, 0.15) is 23.9 Å². The van der Waals surface area contributed by atoms with Crippen molar-refractivity contribution in [3.8, 4) is 0 Å². The third kappa shape index (κ3) is 3.76. The second kappa shape index (κ2) is 8.08. The molecule has 1 amide bonds. The topological polar surface area (TPSA) is 152 Å². The van der Waals surface area contributed by atoms with Crippen molar-refractivity contribution in [3.63, 3.8) is 0 Å². The summed E-state index contributed by atoms with van der Waals surface area (Å²) in [6, 6.07) is 6.78. The zero-order valence-electron chi connectivity index (χ0n) is 19.2. The predicted molar refractivity (Wildman–Crippen MR) is 126 cm³/mol. The van der Waals surface area contributed by atoms with Gasteiger partial charge >= 0.3 is 12.1 Å². The van der Waals surface area contributed by atoms with Gasteiger partial charge in [-0.1, -0.05) is 12.1 Å². The lowest BCUT2D eigenvalue weighted by Crippen LogP contribution is -2.34. The van der Waals surface area contributed by atoms with E-state index in [1.165, 1.54) is 12.5 Å². The minimum atomic E-state index is -5.04. The number of rotatable bonds is 5. The highest BCUT2D eigenvalue weighted by Gasteiger charge is 2.70. The molecule has 2 aliphatic carbocycles. The molecule has 0 aliphatic heterocycles. The highest BCUT2D eigenvalue weighted by molar-refractivity contribution is 5.94. The maximum Gasteiger partial charge on any atom is 0.471 e. The number of nitrogen functional groups attached to an aromatic ring is 1. The van der Waals surface area contributed by atoms with E-state index >= 15 is 0 Å². The van der Waals surface area contributed by atoms with Gasteiger partial charge in [-0.3, -0.25) is 10.1 Å². The summed E-state index contributed by atoms with van der Waals surface area (Å²) in [5, 5.41) is 24.9. The Morgan fingerprint density at radius 2 is 2.03 bits per heavy atom. The van der Waals surface area contributed by atoms with Crippen LogP contribution in [0, 0.1) is 11.3 Å². The number of benzene rings is 1. The lowest BCUT2D eigenvalue weighted by molar-refractivity contribution is -0.167. The average Bonchev–Trinajstić information content (AvgIpc) is 3.35.